The molecule has 0 bridgehead atoms. The number of nitrogens with one attached hydrogen (secondary N) is 1. The number of hydrogen-bond donors (Lipinski definition) is 1. The molecule has 28 heavy (non-hydrogen) atoms. The molecule has 0 aromatic heterocycles. The zero-order chi connectivity index (χ0) is 19.9. The fourth-order valence-electron chi connectivity index (χ4n) is 2.25. The van der Waals surface area contributed by atoms with Crippen LogP contribution in [0.3, 0.4) is 0 Å². The number of methoxy groups -OCH3 is 1. The monoisotopic (exact) mass is 418 g/mol. The van der Waals surface area contributed by atoms with Gasteiger partial charge in [0.1, 0.15) is 0 Å². The summed E-state index contributed by atoms with van der Waals surface area (Å²) in [5, 5.41) is 4.60. The molecular weight excluding hydrogens is 400 g/mol. The third-order valence-corrected chi connectivity index (χ3v) is 5.16. The van der Waals surface area contributed by atoms with Gasteiger partial charge in [0.25, 0.3) is 0 Å². The van der Waals surface area contributed by atoms with Crippen LogP contribution in [-0.2, 0) is 9.59 Å². The van der Waals surface area contributed by atoms with Crippen molar-refractivity contribution < 1.29 is 19.1 Å². The molecule has 1 aliphatic rings. The van der Waals surface area contributed by atoms with Crippen LogP contribution in [0.5, 0.6) is 11.5 Å². The van der Waals surface area contributed by atoms with Gasteiger partial charge >= 0.3 is 5.97 Å². The Labute approximate surface area is 172 Å². The van der Waals surface area contributed by atoms with Crippen molar-refractivity contribution in [2.24, 2.45) is 11.0 Å². The number of carbonyl (C=O) groups is 2. The first-order valence-corrected chi connectivity index (χ1v) is 10.0. The number of rotatable bonds is 8. The number of thioether (sulfide) groups is 1. The molecule has 0 aliphatic heterocycles. The molecule has 2 aromatic rings. The molecule has 0 unspecified atom stereocenters. The predicted molar refractivity (Wildman–Crippen MR) is 109 cm³/mol. The van der Waals surface area contributed by atoms with Crippen LogP contribution in [0, 0.1) is 5.92 Å². The lowest BCUT2D eigenvalue weighted by atomic mass is 10.2. The molecule has 1 fully saturated rings. The molecule has 1 saturated carbocycles. The summed E-state index contributed by atoms with van der Waals surface area (Å²) in [4.78, 5) is 24.6. The molecule has 0 atom stereocenters. The van der Waals surface area contributed by atoms with E-state index in [1.165, 1.54) is 25.1 Å². The summed E-state index contributed by atoms with van der Waals surface area (Å²) in [6.07, 6.45) is 3.25. The van der Waals surface area contributed by atoms with E-state index in [1.807, 2.05) is 12.1 Å². The SMILES string of the molecule is COc1cc(/C=N\NC(=O)CSc2ccc(Cl)cc2)ccc1OC(=O)C1CC1. The van der Waals surface area contributed by atoms with Gasteiger partial charge in [0.2, 0.25) is 5.91 Å². The highest BCUT2D eigenvalue weighted by Crippen LogP contribution is 2.34. The Bertz CT molecular complexity index is 882. The average molecular weight is 419 g/mol. The van der Waals surface area contributed by atoms with Crippen LogP contribution >= 0.6 is 23.4 Å². The number of hydrogen-bond acceptors (Lipinski definition) is 6. The van der Waals surface area contributed by atoms with E-state index < -0.39 is 0 Å². The zero-order valence-electron chi connectivity index (χ0n) is 15.2. The largest absolute Gasteiger partial charge is 0.493 e. The maximum Gasteiger partial charge on any atom is 0.314 e. The lowest BCUT2D eigenvalue weighted by Gasteiger charge is -2.09. The van der Waals surface area contributed by atoms with Gasteiger partial charge in [-0.3, -0.25) is 9.59 Å². The van der Waals surface area contributed by atoms with Crippen LogP contribution in [0.4, 0.5) is 0 Å². The maximum absolute atomic E-state index is 11.9. The van der Waals surface area contributed by atoms with E-state index in [0.717, 1.165) is 17.7 Å². The van der Waals surface area contributed by atoms with Gasteiger partial charge in [-0.05, 0) is 60.9 Å². The number of carbonyl (C=O) groups excluding carboxylic acids is 2. The molecule has 1 aliphatic carbocycles. The number of esters is 1. The summed E-state index contributed by atoms with van der Waals surface area (Å²) >= 11 is 7.22. The fraction of sp³-hybridized carbons (Fsp3) is 0.250. The molecule has 0 spiro atoms. The van der Waals surface area contributed by atoms with Crippen molar-refractivity contribution in [1.82, 2.24) is 5.43 Å². The first-order valence-electron chi connectivity index (χ1n) is 8.65. The van der Waals surface area contributed by atoms with E-state index >= 15 is 0 Å². The normalized spacial score (nSPS) is 13.4. The van der Waals surface area contributed by atoms with Crippen LogP contribution in [0.1, 0.15) is 18.4 Å². The van der Waals surface area contributed by atoms with E-state index in [1.54, 1.807) is 30.3 Å². The first kappa shape index (κ1) is 20.2. The number of hydrazone groups is 1. The smallest absolute Gasteiger partial charge is 0.314 e. The van der Waals surface area contributed by atoms with E-state index in [-0.39, 0.29) is 23.5 Å². The number of nitrogens with zero attached hydrogens (tertiary/aromatic N) is 1. The summed E-state index contributed by atoms with van der Waals surface area (Å²) < 4.78 is 10.6. The molecular formula is C20H19ClN2O4S. The Morgan fingerprint density at radius 1 is 1.21 bits per heavy atom. The van der Waals surface area contributed by atoms with Gasteiger partial charge in [-0.25, -0.2) is 5.43 Å². The first-order chi connectivity index (χ1) is 13.5. The van der Waals surface area contributed by atoms with Gasteiger partial charge < -0.3 is 9.47 Å². The molecule has 0 heterocycles. The van der Waals surface area contributed by atoms with E-state index in [4.69, 9.17) is 21.1 Å². The molecule has 8 heteroatoms. The van der Waals surface area contributed by atoms with Gasteiger partial charge in [-0.2, -0.15) is 5.10 Å². The van der Waals surface area contributed by atoms with Crippen molar-refractivity contribution in [2.45, 2.75) is 17.7 Å². The second-order valence-electron chi connectivity index (χ2n) is 6.14. The lowest BCUT2D eigenvalue weighted by Crippen LogP contribution is -2.19. The van der Waals surface area contributed by atoms with E-state index in [2.05, 4.69) is 10.5 Å². The quantitative estimate of drug-likeness (QED) is 0.231. The number of halogens is 1. The van der Waals surface area contributed by atoms with Crippen LogP contribution < -0.4 is 14.9 Å². The van der Waals surface area contributed by atoms with E-state index in [9.17, 15) is 9.59 Å². The van der Waals surface area contributed by atoms with Gasteiger partial charge in [-0.1, -0.05) is 11.6 Å². The highest BCUT2D eigenvalue weighted by molar-refractivity contribution is 8.00. The molecule has 3 rings (SSSR count). The Kier molecular flexibility index (Phi) is 6.95. The highest BCUT2D eigenvalue weighted by Gasteiger charge is 2.32. The molecule has 0 saturated heterocycles. The fourth-order valence-corrected chi connectivity index (χ4v) is 3.07. The minimum absolute atomic E-state index is 0.00639. The summed E-state index contributed by atoms with van der Waals surface area (Å²) in [7, 11) is 1.50. The second-order valence-corrected chi connectivity index (χ2v) is 7.63. The molecule has 0 radical (unpaired) electrons. The van der Waals surface area contributed by atoms with Gasteiger partial charge in [-0.15, -0.1) is 11.8 Å². The van der Waals surface area contributed by atoms with Crippen molar-refractivity contribution in [3.63, 3.8) is 0 Å². The maximum atomic E-state index is 11.9. The van der Waals surface area contributed by atoms with Crippen LogP contribution in [0.15, 0.2) is 52.5 Å². The average Bonchev–Trinajstić information content (AvgIpc) is 3.54. The Hall–Kier alpha value is -2.51. The van der Waals surface area contributed by atoms with Crippen molar-refractivity contribution in [2.75, 3.05) is 12.9 Å². The topological polar surface area (TPSA) is 77.0 Å². The second kappa shape index (κ2) is 9.61. The van der Waals surface area contributed by atoms with Crippen molar-refractivity contribution in [3.8, 4) is 11.5 Å². The summed E-state index contributed by atoms with van der Waals surface area (Å²) in [5.41, 5.74) is 3.18. The Morgan fingerprint density at radius 2 is 1.96 bits per heavy atom. The number of benzene rings is 2. The van der Waals surface area contributed by atoms with Crippen molar-refractivity contribution in [3.05, 3.63) is 53.1 Å². The molecule has 146 valence electrons. The van der Waals surface area contributed by atoms with Gasteiger partial charge in [0, 0.05) is 9.92 Å². The van der Waals surface area contributed by atoms with Crippen molar-refractivity contribution in [1.29, 1.82) is 0 Å². The highest BCUT2D eigenvalue weighted by atomic mass is 35.5. The zero-order valence-corrected chi connectivity index (χ0v) is 16.8. The summed E-state index contributed by atoms with van der Waals surface area (Å²) in [6.45, 7) is 0. The van der Waals surface area contributed by atoms with E-state index in [0.29, 0.717) is 22.1 Å². The lowest BCUT2D eigenvalue weighted by molar-refractivity contribution is -0.135. The van der Waals surface area contributed by atoms with Crippen LogP contribution in [-0.4, -0.2) is 31.0 Å². The Morgan fingerprint density at radius 3 is 2.64 bits per heavy atom. The van der Waals surface area contributed by atoms with Crippen LogP contribution in [0.25, 0.3) is 0 Å². The van der Waals surface area contributed by atoms with Gasteiger partial charge in [0.15, 0.2) is 11.5 Å². The minimum Gasteiger partial charge on any atom is -0.493 e. The molecule has 1 N–H and O–H groups in total. The van der Waals surface area contributed by atoms with Crippen molar-refractivity contribution >= 4 is 41.5 Å². The standard InChI is InChI=1S/C20H19ClN2O4S/c1-26-18-10-13(2-9-17(18)27-20(25)14-3-4-14)11-22-23-19(24)12-28-16-7-5-15(21)6-8-16/h2,5-11,14H,3-4,12H2,1H3,(H,23,24)/b22-11-. The third-order valence-electron chi connectivity index (χ3n) is 3.90. The molecule has 6 nitrogen and oxygen atoms in total. The number of amides is 1. The molecule has 1 amide bonds. The Balaban J connectivity index is 1.50. The molecule has 2 aromatic carbocycles. The third kappa shape index (κ3) is 6.00. The van der Waals surface area contributed by atoms with Crippen LogP contribution in [0.2, 0.25) is 5.02 Å². The minimum atomic E-state index is -0.231. The summed E-state index contributed by atoms with van der Waals surface area (Å²) in [6, 6.07) is 12.3. The van der Waals surface area contributed by atoms with Gasteiger partial charge in [0.05, 0.1) is 25.0 Å². The number of ether oxygens (including phenoxy) is 2. The predicted octanol–water partition coefficient (Wildman–Crippen LogP) is 3.91. The summed E-state index contributed by atoms with van der Waals surface area (Å²) in [5.74, 6) is 0.593.